The molecule has 3 nitrogen and oxygen atoms in total. The molecule has 0 amide bonds. The molecule has 0 spiro atoms. The number of anilines is 1. The molecule has 1 aromatic carbocycles. The Labute approximate surface area is 117 Å². The standard InChI is InChI=1S/C14H21BrN2O/c1-10-9-17(6-3-7-18-10)12-4-5-13(11(2)16)14(15)8-12/h4-5,8,10-11H,3,6-7,9,16H2,1-2H3/t10?,11-/m1/s1. The van der Waals surface area contributed by atoms with E-state index in [0.29, 0.717) is 6.10 Å². The summed E-state index contributed by atoms with van der Waals surface area (Å²) in [5.41, 5.74) is 8.32. The summed E-state index contributed by atoms with van der Waals surface area (Å²) < 4.78 is 6.76. The summed E-state index contributed by atoms with van der Waals surface area (Å²) in [7, 11) is 0. The molecule has 1 aliphatic rings. The molecule has 1 aliphatic heterocycles. The molecule has 2 N–H and O–H groups in total. The molecule has 4 heteroatoms. The fourth-order valence-electron chi connectivity index (χ4n) is 2.31. The molecule has 1 unspecified atom stereocenters. The van der Waals surface area contributed by atoms with Crippen LogP contribution in [0.15, 0.2) is 22.7 Å². The van der Waals surface area contributed by atoms with Gasteiger partial charge in [0.15, 0.2) is 0 Å². The first kappa shape index (κ1) is 13.8. The Kier molecular flexibility index (Phi) is 4.65. The molecule has 0 aromatic heterocycles. The van der Waals surface area contributed by atoms with Crippen LogP contribution in [0.5, 0.6) is 0 Å². The molecular weight excluding hydrogens is 292 g/mol. The number of rotatable bonds is 2. The smallest absolute Gasteiger partial charge is 0.0721 e. The summed E-state index contributed by atoms with van der Waals surface area (Å²) in [5.74, 6) is 0. The molecule has 1 aromatic rings. The summed E-state index contributed by atoms with van der Waals surface area (Å²) in [5, 5.41) is 0. The maximum atomic E-state index is 5.93. The van der Waals surface area contributed by atoms with E-state index in [0.717, 1.165) is 36.2 Å². The molecule has 1 fully saturated rings. The fourth-order valence-corrected chi connectivity index (χ4v) is 3.04. The van der Waals surface area contributed by atoms with Crippen molar-refractivity contribution in [2.45, 2.75) is 32.4 Å². The zero-order chi connectivity index (χ0) is 13.1. The second kappa shape index (κ2) is 6.04. The third kappa shape index (κ3) is 3.25. The van der Waals surface area contributed by atoms with Crippen LogP contribution in [-0.2, 0) is 4.74 Å². The summed E-state index contributed by atoms with van der Waals surface area (Å²) >= 11 is 3.61. The van der Waals surface area contributed by atoms with E-state index in [4.69, 9.17) is 10.5 Å². The van der Waals surface area contributed by atoms with Crippen LogP contribution in [0.1, 0.15) is 31.9 Å². The molecule has 1 heterocycles. The molecule has 100 valence electrons. The van der Waals surface area contributed by atoms with E-state index in [9.17, 15) is 0 Å². The minimum absolute atomic E-state index is 0.0554. The Morgan fingerprint density at radius 3 is 2.94 bits per heavy atom. The number of hydrogen-bond acceptors (Lipinski definition) is 3. The maximum absolute atomic E-state index is 5.93. The highest BCUT2D eigenvalue weighted by Gasteiger charge is 2.16. The Morgan fingerprint density at radius 2 is 2.28 bits per heavy atom. The molecule has 1 saturated heterocycles. The van der Waals surface area contributed by atoms with Gasteiger partial charge in [0.1, 0.15) is 0 Å². The first-order chi connectivity index (χ1) is 8.58. The van der Waals surface area contributed by atoms with Gasteiger partial charge in [-0.05, 0) is 38.0 Å². The number of halogens is 1. The molecule has 2 atom stereocenters. The molecular formula is C14H21BrN2O. The SMILES string of the molecule is CC1CN(c2ccc([C@@H](C)N)c(Br)c2)CCCO1. The van der Waals surface area contributed by atoms with E-state index in [2.05, 4.69) is 46.0 Å². The van der Waals surface area contributed by atoms with Gasteiger partial charge in [-0.25, -0.2) is 0 Å². The maximum Gasteiger partial charge on any atom is 0.0721 e. The number of nitrogens with two attached hydrogens (primary N) is 1. The molecule has 0 aliphatic carbocycles. The van der Waals surface area contributed by atoms with E-state index in [1.54, 1.807) is 0 Å². The van der Waals surface area contributed by atoms with Crippen molar-refractivity contribution in [3.63, 3.8) is 0 Å². The first-order valence-electron chi connectivity index (χ1n) is 6.49. The molecule has 0 bridgehead atoms. The van der Waals surface area contributed by atoms with Crippen molar-refractivity contribution in [1.82, 2.24) is 0 Å². The third-order valence-electron chi connectivity index (χ3n) is 3.29. The van der Waals surface area contributed by atoms with Crippen molar-refractivity contribution in [3.05, 3.63) is 28.2 Å². The zero-order valence-corrected chi connectivity index (χ0v) is 12.6. The Balaban J connectivity index is 2.19. The molecule has 18 heavy (non-hydrogen) atoms. The van der Waals surface area contributed by atoms with Crippen molar-refractivity contribution in [3.8, 4) is 0 Å². The highest BCUT2D eigenvalue weighted by Crippen LogP contribution is 2.28. The second-order valence-electron chi connectivity index (χ2n) is 4.98. The topological polar surface area (TPSA) is 38.5 Å². The summed E-state index contributed by atoms with van der Waals surface area (Å²) in [6.45, 7) is 6.99. The highest BCUT2D eigenvalue weighted by atomic mass is 79.9. The van der Waals surface area contributed by atoms with Gasteiger partial charge in [-0.1, -0.05) is 22.0 Å². The average molecular weight is 313 g/mol. The number of benzene rings is 1. The number of nitrogens with zero attached hydrogens (tertiary/aromatic N) is 1. The Hall–Kier alpha value is -0.580. The van der Waals surface area contributed by atoms with Gasteiger partial charge in [0.25, 0.3) is 0 Å². The lowest BCUT2D eigenvalue weighted by Crippen LogP contribution is -2.30. The van der Waals surface area contributed by atoms with Crippen molar-refractivity contribution in [2.75, 3.05) is 24.6 Å². The van der Waals surface area contributed by atoms with Gasteiger partial charge < -0.3 is 15.4 Å². The molecule has 0 radical (unpaired) electrons. The van der Waals surface area contributed by atoms with Crippen LogP contribution in [0.25, 0.3) is 0 Å². The van der Waals surface area contributed by atoms with E-state index in [-0.39, 0.29) is 6.04 Å². The lowest BCUT2D eigenvalue weighted by molar-refractivity contribution is 0.0821. The van der Waals surface area contributed by atoms with Crippen LogP contribution < -0.4 is 10.6 Å². The highest BCUT2D eigenvalue weighted by molar-refractivity contribution is 9.10. The monoisotopic (exact) mass is 312 g/mol. The predicted molar refractivity (Wildman–Crippen MR) is 79.0 cm³/mol. The van der Waals surface area contributed by atoms with Gasteiger partial charge >= 0.3 is 0 Å². The van der Waals surface area contributed by atoms with Crippen LogP contribution >= 0.6 is 15.9 Å². The lowest BCUT2D eigenvalue weighted by Gasteiger charge is -2.25. The van der Waals surface area contributed by atoms with Crippen LogP contribution in [0.2, 0.25) is 0 Å². The van der Waals surface area contributed by atoms with E-state index in [1.165, 1.54) is 5.69 Å². The van der Waals surface area contributed by atoms with E-state index in [1.807, 2.05) is 6.92 Å². The van der Waals surface area contributed by atoms with Crippen LogP contribution in [0.3, 0.4) is 0 Å². The van der Waals surface area contributed by atoms with Crippen LogP contribution in [-0.4, -0.2) is 25.8 Å². The summed E-state index contributed by atoms with van der Waals surface area (Å²) in [4.78, 5) is 2.38. The third-order valence-corrected chi connectivity index (χ3v) is 3.98. The Morgan fingerprint density at radius 1 is 1.50 bits per heavy atom. The van der Waals surface area contributed by atoms with Crippen LogP contribution in [0, 0.1) is 0 Å². The summed E-state index contributed by atoms with van der Waals surface area (Å²) in [6.07, 6.45) is 1.37. The zero-order valence-electron chi connectivity index (χ0n) is 11.0. The van der Waals surface area contributed by atoms with Gasteiger partial charge in [-0.2, -0.15) is 0 Å². The largest absolute Gasteiger partial charge is 0.377 e. The molecule has 0 saturated carbocycles. The van der Waals surface area contributed by atoms with Crippen molar-refractivity contribution in [1.29, 1.82) is 0 Å². The van der Waals surface area contributed by atoms with Crippen molar-refractivity contribution in [2.24, 2.45) is 5.73 Å². The normalized spacial score (nSPS) is 22.7. The first-order valence-corrected chi connectivity index (χ1v) is 7.29. The van der Waals surface area contributed by atoms with Crippen LogP contribution in [0.4, 0.5) is 5.69 Å². The van der Waals surface area contributed by atoms with E-state index >= 15 is 0 Å². The minimum atomic E-state index is 0.0554. The minimum Gasteiger partial charge on any atom is -0.377 e. The molecule has 2 rings (SSSR count). The van der Waals surface area contributed by atoms with E-state index < -0.39 is 0 Å². The van der Waals surface area contributed by atoms with Crippen molar-refractivity contribution >= 4 is 21.6 Å². The lowest BCUT2D eigenvalue weighted by atomic mass is 10.1. The fraction of sp³-hybridized carbons (Fsp3) is 0.571. The number of hydrogen-bond donors (Lipinski definition) is 1. The average Bonchev–Trinajstić information content (AvgIpc) is 2.53. The predicted octanol–water partition coefficient (Wildman–Crippen LogP) is 3.08. The van der Waals surface area contributed by atoms with Gasteiger partial charge in [0.2, 0.25) is 0 Å². The quantitative estimate of drug-likeness (QED) is 0.912. The van der Waals surface area contributed by atoms with Gasteiger partial charge in [0.05, 0.1) is 6.10 Å². The van der Waals surface area contributed by atoms with Gasteiger partial charge in [-0.3, -0.25) is 0 Å². The number of ether oxygens (including phenoxy) is 1. The van der Waals surface area contributed by atoms with Gasteiger partial charge in [-0.15, -0.1) is 0 Å². The Bertz CT molecular complexity index is 409. The van der Waals surface area contributed by atoms with Gasteiger partial charge in [0, 0.05) is 35.9 Å². The van der Waals surface area contributed by atoms with Crippen molar-refractivity contribution < 1.29 is 4.74 Å². The summed E-state index contributed by atoms with van der Waals surface area (Å²) in [6, 6.07) is 6.48. The second-order valence-corrected chi connectivity index (χ2v) is 5.83.